The van der Waals surface area contributed by atoms with Crippen molar-refractivity contribution < 1.29 is 31.1 Å². The molecule has 1 N–H and O–H groups in total. The minimum absolute atomic E-state index is 0.433. The fourth-order valence-electron chi connectivity index (χ4n) is 1.71. The van der Waals surface area contributed by atoms with Crippen molar-refractivity contribution in [2.24, 2.45) is 5.92 Å². The van der Waals surface area contributed by atoms with Crippen molar-refractivity contribution in [2.45, 2.75) is 31.2 Å². The summed E-state index contributed by atoms with van der Waals surface area (Å²) in [5.41, 5.74) is 0. The van der Waals surface area contributed by atoms with Crippen molar-refractivity contribution in [1.29, 1.82) is 0 Å². The first-order valence-electron chi connectivity index (χ1n) is 6.39. The van der Waals surface area contributed by atoms with Crippen molar-refractivity contribution in [1.82, 2.24) is 4.72 Å². The van der Waals surface area contributed by atoms with Gasteiger partial charge in [0.2, 0.25) is 10.0 Å². The maximum Gasteiger partial charge on any atom is 0.324 e. The van der Waals surface area contributed by atoms with E-state index in [-0.39, 0.29) is 0 Å². The van der Waals surface area contributed by atoms with Gasteiger partial charge in [-0.3, -0.25) is 4.79 Å². The molecule has 0 aliphatic carbocycles. The van der Waals surface area contributed by atoms with Gasteiger partial charge in [0, 0.05) is 0 Å². The Morgan fingerprint density at radius 2 is 1.86 bits per heavy atom. The van der Waals surface area contributed by atoms with Crippen LogP contribution in [0.5, 0.6) is 0 Å². The van der Waals surface area contributed by atoms with Gasteiger partial charge >= 0.3 is 5.97 Å². The minimum Gasteiger partial charge on any atom is -0.468 e. The lowest BCUT2D eigenvalue weighted by atomic mass is 10.0. The summed E-state index contributed by atoms with van der Waals surface area (Å²) in [5.74, 6) is -6.57. The maximum atomic E-state index is 13.6. The standard InChI is InChI=1S/C13H16F3NO4S/c1-4-7(2)12(13(18)21-3)17-22(19,20)9-6-5-8(14)10(15)11(9)16/h5-7,12,17H,4H2,1-3H3/t7-,12-/m0/s1. The Labute approximate surface area is 126 Å². The molecule has 0 aliphatic rings. The lowest BCUT2D eigenvalue weighted by Gasteiger charge is -2.21. The Morgan fingerprint density at radius 3 is 2.36 bits per heavy atom. The van der Waals surface area contributed by atoms with Gasteiger partial charge in [0.1, 0.15) is 10.9 Å². The predicted molar refractivity (Wildman–Crippen MR) is 71.9 cm³/mol. The molecule has 1 aromatic carbocycles. The zero-order chi connectivity index (χ0) is 17.1. The molecule has 0 amide bonds. The van der Waals surface area contributed by atoms with E-state index < -0.39 is 50.3 Å². The normalized spacial score (nSPS) is 14.5. The Hall–Kier alpha value is -1.61. The minimum atomic E-state index is -4.57. The Bertz CT molecular complexity index is 663. The van der Waals surface area contributed by atoms with Crippen LogP contribution >= 0.6 is 0 Å². The number of rotatable bonds is 6. The van der Waals surface area contributed by atoms with Crippen molar-refractivity contribution in [2.75, 3.05) is 7.11 Å². The molecule has 0 aliphatic heterocycles. The lowest BCUT2D eigenvalue weighted by Crippen LogP contribution is -2.45. The molecule has 0 bridgehead atoms. The molecule has 9 heteroatoms. The van der Waals surface area contributed by atoms with E-state index in [0.29, 0.717) is 18.6 Å². The third-order valence-electron chi connectivity index (χ3n) is 3.24. The van der Waals surface area contributed by atoms with Gasteiger partial charge in [-0.25, -0.2) is 21.6 Å². The molecule has 124 valence electrons. The van der Waals surface area contributed by atoms with E-state index in [4.69, 9.17) is 0 Å². The fraction of sp³-hybridized carbons (Fsp3) is 0.462. The smallest absolute Gasteiger partial charge is 0.324 e. The topological polar surface area (TPSA) is 72.5 Å². The highest BCUT2D eigenvalue weighted by Gasteiger charge is 2.32. The molecule has 0 fully saturated rings. The quantitative estimate of drug-likeness (QED) is 0.635. The van der Waals surface area contributed by atoms with Crippen LogP contribution in [-0.4, -0.2) is 27.5 Å². The first-order valence-corrected chi connectivity index (χ1v) is 7.87. The second-order valence-electron chi connectivity index (χ2n) is 4.68. The average Bonchev–Trinajstić information content (AvgIpc) is 2.48. The van der Waals surface area contributed by atoms with E-state index in [9.17, 15) is 26.4 Å². The second-order valence-corrected chi connectivity index (χ2v) is 6.36. The number of hydrogen-bond acceptors (Lipinski definition) is 4. The summed E-state index contributed by atoms with van der Waals surface area (Å²) in [5, 5.41) is 0. The molecular formula is C13H16F3NO4S. The van der Waals surface area contributed by atoms with Crippen LogP contribution < -0.4 is 4.72 Å². The molecule has 1 rings (SSSR count). The van der Waals surface area contributed by atoms with Gasteiger partial charge in [-0.2, -0.15) is 4.72 Å². The van der Waals surface area contributed by atoms with Crippen LogP contribution in [-0.2, 0) is 19.6 Å². The van der Waals surface area contributed by atoms with Crippen LogP contribution in [0.1, 0.15) is 20.3 Å². The number of benzene rings is 1. The van der Waals surface area contributed by atoms with Gasteiger partial charge in [0.05, 0.1) is 7.11 Å². The molecule has 0 saturated heterocycles. The largest absolute Gasteiger partial charge is 0.468 e. The molecule has 0 unspecified atom stereocenters. The monoisotopic (exact) mass is 339 g/mol. The molecule has 1 aromatic rings. The number of ether oxygens (including phenoxy) is 1. The molecule has 0 saturated carbocycles. The van der Waals surface area contributed by atoms with E-state index >= 15 is 0 Å². The van der Waals surface area contributed by atoms with Crippen molar-refractivity contribution in [3.63, 3.8) is 0 Å². The van der Waals surface area contributed by atoms with Gasteiger partial charge in [-0.1, -0.05) is 20.3 Å². The molecular weight excluding hydrogens is 323 g/mol. The number of carbonyl (C=O) groups excluding carboxylic acids is 1. The molecule has 0 radical (unpaired) electrons. The van der Waals surface area contributed by atoms with Crippen LogP contribution in [0.3, 0.4) is 0 Å². The number of nitrogens with one attached hydrogen (secondary N) is 1. The molecule has 0 spiro atoms. The summed E-state index contributed by atoms with van der Waals surface area (Å²) in [6, 6.07) is -0.197. The summed E-state index contributed by atoms with van der Waals surface area (Å²) in [4.78, 5) is 10.6. The van der Waals surface area contributed by atoms with Crippen LogP contribution in [0.2, 0.25) is 0 Å². The third kappa shape index (κ3) is 3.77. The highest BCUT2D eigenvalue weighted by atomic mass is 32.2. The SMILES string of the molecule is CC[C@H](C)[C@H](NS(=O)(=O)c1ccc(F)c(F)c1F)C(=O)OC. The summed E-state index contributed by atoms with van der Waals surface area (Å²) in [7, 11) is -3.50. The van der Waals surface area contributed by atoms with Crippen molar-refractivity contribution in [3.05, 3.63) is 29.6 Å². The summed E-state index contributed by atoms with van der Waals surface area (Å²) in [6.07, 6.45) is 0.433. The molecule has 0 heterocycles. The van der Waals surface area contributed by atoms with Gasteiger partial charge in [-0.05, 0) is 18.1 Å². The number of esters is 1. The second kappa shape index (κ2) is 7.10. The van der Waals surface area contributed by atoms with Crippen molar-refractivity contribution in [3.8, 4) is 0 Å². The Kier molecular flexibility index (Phi) is 5.95. The molecule has 2 atom stereocenters. The zero-order valence-electron chi connectivity index (χ0n) is 12.2. The third-order valence-corrected chi connectivity index (χ3v) is 4.70. The Morgan fingerprint density at radius 1 is 1.27 bits per heavy atom. The highest BCUT2D eigenvalue weighted by molar-refractivity contribution is 7.89. The van der Waals surface area contributed by atoms with E-state index in [1.165, 1.54) is 0 Å². The molecule has 5 nitrogen and oxygen atoms in total. The predicted octanol–water partition coefficient (Wildman–Crippen LogP) is 1.97. The van der Waals surface area contributed by atoms with E-state index in [0.717, 1.165) is 7.11 Å². The fourth-order valence-corrected chi connectivity index (χ4v) is 3.07. The van der Waals surface area contributed by atoms with E-state index in [1.807, 2.05) is 4.72 Å². The zero-order valence-corrected chi connectivity index (χ0v) is 13.0. The molecule has 22 heavy (non-hydrogen) atoms. The first kappa shape index (κ1) is 18.4. The van der Waals surface area contributed by atoms with E-state index in [1.54, 1.807) is 13.8 Å². The van der Waals surface area contributed by atoms with Crippen LogP contribution in [0.4, 0.5) is 13.2 Å². The molecule has 0 aromatic heterocycles. The Balaban J connectivity index is 3.24. The number of halogens is 3. The number of hydrogen-bond donors (Lipinski definition) is 1. The maximum absolute atomic E-state index is 13.6. The summed E-state index contributed by atoms with van der Waals surface area (Å²) < 4.78 is 70.4. The van der Waals surface area contributed by atoms with Crippen LogP contribution in [0.25, 0.3) is 0 Å². The van der Waals surface area contributed by atoms with Gasteiger partial charge in [-0.15, -0.1) is 0 Å². The number of carbonyl (C=O) groups is 1. The number of sulfonamides is 1. The summed E-state index contributed by atoms with van der Waals surface area (Å²) >= 11 is 0. The summed E-state index contributed by atoms with van der Waals surface area (Å²) in [6.45, 7) is 3.30. The lowest BCUT2D eigenvalue weighted by molar-refractivity contribution is -0.143. The van der Waals surface area contributed by atoms with Crippen molar-refractivity contribution >= 4 is 16.0 Å². The number of methoxy groups -OCH3 is 1. The van der Waals surface area contributed by atoms with E-state index in [2.05, 4.69) is 4.74 Å². The van der Waals surface area contributed by atoms with Gasteiger partial charge < -0.3 is 4.74 Å². The highest BCUT2D eigenvalue weighted by Crippen LogP contribution is 2.21. The average molecular weight is 339 g/mol. The van der Waals surface area contributed by atoms with Gasteiger partial charge in [0.15, 0.2) is 17.5 Å². The van der Waals surface area contributed by atoms with Gasteiger partial charge in [0.25, 0.3) is 0 Å². The first-order chi connectivity index (χ1) is 10.2. The van der Waals surface area contributed by atoms with Crippen LogP contribution in [0, 0.1) is 23.4 Å². The van der Waals surface area contributed by atoms with Crippen LogP contribution in [0.15, 0.2) is 17.0 Å².